The van der Waals surface area contributed by atoms with Gasteiger partial charge in [0.05, 0.1) is 15.1 Å². The van der Waals surface area contributed by atoms with Gasteiger partial charge in [-0.25, -0.2) is 0 Å². The van der Waals surface area contributed by atoms with Crippen molar-refractivity contribution in [2.45, 2.75) is 19.4 Å². The lowest BCUT2D eigenvalue weighted by molar-refractivity contribution is -0.137. The van der Waals surface area contributed by atoms with Crippen molar-refractivity contribution in [2.75, 3.05) is 0 Å². The lowest BCUT2D eigenvalue weighted by Gasteiger charge is -2.09. The predicted octanol–water partition coefficient (Wildman–Crippen LogP) is 2.10. The quantitative estimate of drug-likeness (QED) is 0.893. The van der Waals surface area contributed by atoms with Crippen LogP contribution in [0.5, 0.6) is 0 Å². The van der Waals surface area contributed by atoms with Crippen LogP contribution in [0.4, 0.5) is 0 Å². The van der Waals surface area contributed by atoms with Gasteiger partial charge >= 0.3 is 5.97 Å². The van der Waals surface area contributed by atoms with Gasteiger partial charge in [-0.05, 0) is 35.0 Å². The zero-order chi connectivity index (χ0) is 11.4. The highest BCUT2D eigenvalue weighted by Gasteiger charge is 2.13. The molecule has 2 N–H and O–H groups in total. The largest absolute Gasteiger partial charge is 0.481 e. The molecule has 1 unspecified atom stereocenters. The van der Waals surface area contributed by atoms with Crippen LogP contribution in [-0.2, 0) is 4.79 Å². The molecule has 0 radical (unpaired) electrons. The Labute approximate surface area is 99.4 Å². The molecule has 0 fully saturated rings. The van der Waals surface area contributed by atoms with Crippen LogP contribution in [0.25, 0.3) is 0 Å². The predicted molar refractivity (Wildman–Crippen MR) is 61.2 cm³/mol. The minimum Gasteiger partial charge on any atom is -0.481 e. The Morgan fingerprint density at radius 2 is 2.27 bits per heavy atom. The molecule has 4 nitrogen and oxygen atoms in total. The molecule has 82 valence electrons. The van der Waals surface area contributed by atoms with Crippen molar-refractivity contribution in [3.05, 3.63) is 20.8 Å². The monoisotopic (exact) mass is 291 g/mol. The first-order chi connectivity index (χ1) is 6.99. The molecule has 0 saturated carbocycles. The summed E-state index contributed by atoms with van der Waals surface area (Å²) in [6.07, 6.45) is -0.0711. The summed E-state index contributed by atoms with van der Waals surface area (Å²) in [6, 6.07) is 3.11. The maximum absolute atomic E-state index is 11.5. The van der Waals surface area contributed by atoms with E-state index < -0.39 is 5.97 Å². The van der Waals surface area contributed by atoms with E-state index in [-0.39, 0.29) is 18.4 Å². The number of amides is 1. The van der Waals surface area contributed by atoms with E-state index in [9.17, 15) is 9.59 Å². The van der Waals surface area contributed by atoms with E-state index in [0.29, 0.717) is 4.88 Å². The third kappa shape index (κ3) is 4.01. The fraction of sp³-hybridized carbons (Fsp3) is 0.333. The first-order valence-corrected chi connectivity index (χ1v) is 5.88. The molecule has 1 aromatic rings. The van der Waals surface area contributed by atoms with Gasteiger partial charge in [-0.2, -0.15) is 0 Å². The number of aliphatic carboxylic acids is 1. The van der Waals surface area contributed by atoms with Gasteiger partial charge in [0.25, 0.3) is 5.91 Å². The van der Waals surface area contributed by atoms with Gasteiger partial charge in [-0.15, -0.1) is 11.3 Å². The van der Waals surface area contributed by atoms with Gasteiger partial charge in [0.1, 0.15) is 0 Å². The molecule has 0 aliphatic carbocycles. The van der Waals surface area contributed by atoms with Gasteiger partial charge in [0.15, 0.2) is 0 Å². The van der Waals surface area contributed by atoms with E-state index in [2.05, 4.69) is 21.2 Å². The Morgan fingerprint density at radius 1 is 1.60 bits per heavy atom. The molecule has 0 aromatic carbocycles. The Hall–Kier alpha value is -0.880. The molecular weight excluding hydrogens is 282 g/mol. The highest BCUT2D eigenvalue weighted by atomic mass is 79.9. The first-order valence-electron chi connectivity index (χ1n) is 4.27. The van der Waals surface area contributed by atoms with Crippen molar-refractivity contribution in [1.82, 2.24) is 5.32 Å². The van der Waals surface area contributed by atoms with Gasteiger partial charge in [-0.3, -0.25) is 9.59 Å². The maximum atomic E-state index is 11.5. The third-order valence-electron chi connectivity index (χ3n) is 1.66. The summed E-state index contributed by atoms with van der Waals surface area (Å²) in [5, 5.41) is 11.1. The van der Waals surface area contributed by atoms with E-state index in [4.69, 9.17) is 5.11 Å². The number of carbonyl (C=O) groups excluding carboxylic acids is 1. The molecule has 1 rings (SSSR count). The first kappa shape index (κ1) is 12.2. The van der Waals surface area contributed by atoms with Crippen molar-refractivity contribution >= 4 is 39.1 Å². The molecule has 0 aliphatic rings. The lowest BCUT2D eigenvalue weighted by Crippen LogP contribution is -2.33. The number of thiophene rings is 1. The molecule has 0 aliphatic heterocycles. The van der Waals surface area contributed by atoms with Crippen molar-refractivity contribution in [3.63, 3.8) is 0 Å². The molecular formula is C9H10BrNO3S. The van der Waals surface area contributed by atoms with Crippen molar-refractivity contribution < 1.29 is 14.7 Å². The Balaban J connectivity index is 2.52. The smallest absolute Gasteiger partial charge is 0.305 e. The molecule has 1 amide bonds. The molecule has 6 heteroatoms. The van der Waals surface area contributed by atoms with Crippen LogP contribution in [0.15, 0.2) is 15.9 Å². The average molecular weight is 292 g/mol. The van der Waals surface area contributed by atoms with Gasteiger partial charge in [0, 0.05) is 6.04 Å². The topological polar surface area (TPSA) is 66.4 Å². The molecule has 15 heavy (non-hydrogen) atoms. The van der Waals surface area contributed by atoms with Crippen LogP contribution >= 0.6 is 27.3 Å². The molecule has 0 spiro atoms. The fourth-order valence-electron chi connectivity index (χ4n) is 1.04. The van der Waals surface area contributed by atoms with E-state index in [0.717, 1.165) is 3.79 Å². The standard InChI is InChI=1S/C9H10BrNO3S/c1-5(4-8(12)13)11-9(14)6-2-3-7(10)15-6/h2-3,5H,4H2,1H3,(H,11,14)(H,12,13). The van der Waals surface area contributed by atoms with E-state index >= 15 is 0 Å². The number of halogens is 1. The normalized spacial score (nSPS) is 12.1. The van der Waals surface area contributed by atoms with E-state index in [1.807, 2.05) is 0 Å². The molecule has 1 atom stereocenters. The number of carboxylic acid groups (broad SMARTS) is 1. The van der Waals surface area contributed by atoms with Crippen molar-refractivity contribution in [2.24, 2.45) is 0 Å². The summed E-state index contributed by atoms with van der Waals surface area (Å²) in [5.41, 5.74) is 0. The number of carboxylic acids is 1. The van der Waals surface area contributed by atoms with E-state index in [1.165, 1.54) is 11.3 Å². The zero-order valence-electron chi connectivity index (χ0n) is 7.99. The van der Waals surface area contributed by atoms with Crippen molar-refractivity contribution in [1.29, 1.82) is 0 Å². The SMILES string of the molecule is CC(CC(=O)O)NC(=O)c1ccc(Br)s1. The van der Waals surface area contributed by atoms with E-state index in [1.54, 1.807) is 19.1 Å². The minimum atomic E-state index is -0.921. The Kier molecular flexibility index (Phi) is 4.28. The van der Waals surface area contributed by atoms with Gasteiger partial charge in [-0.1, -0.05) is 0 Å². The van der Waals surface area contributed by atoms with Crippen molar-refractivity contribution in [3.8, 4) is 0 Å². The highest BCUT2D eigenvalue weighted by molar-refractivity contribution is 9.11. The summed E-state index contributed by atoms with van der Waals surface area (Å²) in [7, 11) is 0. The average Bonchev–Trinajstić information content (AvgIpc) is 2.49. The van der Waals surface area contributed by atoms with Gasteiger partial charge in [0.2, 0.25) is 0 Å². The van der Waals surface area contributed by atoms with Crippen LogP contribution in [0.1, 0.15) is 23.0 Å². The number of rotatable bonds is 4. The number of carbonyl (C=O) groups is 2. The maximum Gasteiger partial charge on any atom is 0.305 e. The summed E-state index contributed by atoms with van der Waals surface area (Å²) >= 11 is 4.57. The van der Waals surface area contributed by atoms with Gasteiger partial charge < -0.3 is 10.4 Å². The Morgan fingerprint density at radius 3 is 2.73 bits per heavy atom. The second-order valence-electron chi connectivity index (χ2n) is 3.08. The number of nitrogens with one attached hydrogen (secondary N) is 1. The molecule has 0 saturated heterocycles. The summed E-state index contributed by atoms with van der Waals surface area (Å²) in [6.45, 7) is 1.66. The second-order valence-corrected chi connectivity index (χ2v) is 5.54. The van der Waals surface area contributed by atoms with Crippen LogP contribution in [0.2, 0.25) is 0 Å². The molecule has 0 bridgehead atoms. The lowest BCUT2D eigenvalue weighted by atomic mass is 10.2. The van der Waals surface area contributed by atoms with Crippen LogP contribution in [-0.4, -0.2) is 23.0 Å². The second kappa shape index (κ2) is 5.27. The molecule has 1 aromatic heterocycles. The fourth-order valence-corrected chi connectivity index (χ4v) is 2.33. The summed E-state index contributed by atoms with van der Waals surface area (Å²) in [4.78, 5) is 22.5. The number of hydrogen-bond acceptors (Lipinski definition) is 3. The minimum absolute atomic E-state index is 0.0711. The summed E-state index contributed by atoms with van der Waals surface area (Å²) in [5.74, 6) is -1.16. The Bertz CT molecular complexity index is 377. The van der Waals surface area contributed by atoms with Crippen LogP contribution in [0, 0.1) is 0 Å². The zero-order valence-corrected chi connectivity index (χ0v) is 10.4. The summed E-state index contributed by atoms with van der Waals surface area (Å²) < 4.78 is 0.874. The van der Waals surface area contributed by atoms with Crippen LogP contribution < -0.4 is 5.32 Å². The third-order valence-corrected chi connectivity index (χ3v) is 3.28. The number of hydrogen-bond donors (Lipinski definition) is 2. The highest BCUT2D eigenvalue weighted by Crippen LogP contribution is 2.21. The molecule has 1 heterocycles. The van der Waals surface area contributed by atoms with Crippen LogP contribution in [0.3, 0.4) is 0 Å².